The van der Waals surface area contributed by atoms with Gasteiger partial charge in [0.05, 0.1) is 17.4 Å². The van der Waals surface area contributed by atoms with Crippen LogP contribution in [0.5, 0.6) is 0 Å². The Morgan fingerprint density at radius 1 is 1.15 bits per heavy atom. The topological polar surface area (TPSA) is 54.0 Å². The number of rotatable bonds is 4. The van der Waals surface area contributed by atoms with E-state index in [9.17, 15) is 4.79 Å². The largest absolute Gasteiger partial charge is 0.354 e. The summed E-state index contributed by atoms with van der Waals surface area (Å²) in [7, 11) is 0. The number of carbonyl (C=O) groups excluding carboxylic acids is 1. The highest BCUT2D eigenvalue weighted by atomic mass is 79.9. The molecule has 1 aromatic heterocycles. The highest BCUT2D eigenvalue weighted by Gasteiger charge is 2.08. The van der Waals surface area contributed by atoms with Crippen LogP contribution in [-0.2, 0) is 0 Å². The molecule has 4 nitrogen and oxygen atoms in total. The second kappa shape index (κ2) is 6.52. The number of pyridine rings is 1. The molecule has 20 heavy (non-hydrogen) atoms. The number of anilines is 2. The fourth-order valence-electron chi connectivity index (χ4n) is 1.68. The first-order valence-corrected chi connectivity index (χ1v) is 7.12. The maximum absolute atomic E-state index is 11.9. The molecule has 0 bridgehead atoms. The normalized spacial score (nSPS) is 10.4. The van der Waals surface area contributed by atoms with Gasteiger partial charge in [0, 0.05) is 22.4 Å². The molecule has 0 aliphatic carbocycles. The molecule has 0 saturated carbocycles. The number of halogens is 1. The molecule has 1 aromatic carbocycles. The van der Waals surface area contributed by atoms with Crippen molar-refractivity contribution in [2.45, 2.75) is 19.9 Å². The summed E-state index contributed by atoms with van der Waals surface area (Å²) in [4.78, 5) is 16.0. The third-order valence-electron chi connectivity index (χ3n) is 2.55. The summed E-state index contributed by atoms with van der Waals surface area (Å²) < 4.78 is 1.02. The number of amides is 1. The van der Waals surface area contributed by atoms with Gasteiger partial charge in [-0.2, -0.15) is 0 Å². The van der Waals surface area contributed by atoms with Crippen molar-refractivity contribution in [3.63, 3.8) is 0 Å². The summed E-state index contributed by atoms with van der Waals surface area (Å²) >= 11 is 3.39. The lowest BCUT2D eigenvalue weighted by molar-refractivity contribution is 0.0943. The Balaban J connectivity index is 2.13. The summed E-state index contributed by atoms with van der Waals surface area (Å²) in [6, 6.07) is 9.68. The van der Waals surface area contributed by atoms with Crippen LogP contribution in [0, 0.1) is 0 Å². The molecule has 1 amide bonds. The third kappa shape index (κ3) is 4.06. The molecule has 0 atom stereocenters. The highest BCUT2D eigenvalue weighted by Crippen LogP contribution is 2.19. The van der Waals surface area contributed by atoms with E-state index in [2.05, 4.69) is 31.5 Å². The fraction of sp³-hybridized carbons (Fsp3) is 0.200. The quantitative estimate of drug-likeness (QED) is 0.896. The summed E-state index contributed by atoms with van der Waals surface area (Å²) in [6.07, 6.45) is 3.25. The van der Waals surface area contributed by atoms with Crippen LogP contribution in [-0.4, -0.2) is 16.9 Å². The predicted octanol–water partition coefficient (Wildman–Crippen LogP) is 3.73. The van der Waals surface area contributed by atoms with Crippen LogP contribution in [0.3, 0.4) is 0 Å². The minimum atomic E-state index is -0.119. The maximum Gasteiger partial charge on any atom is 0.253 e. The van der Waals surface area contributed by atoms with E-state index in [0.717, 1.165) is 15.8 Å². The summed E-state index contributed by atoms with van der Waals surface area (Å²) in [6.45, 7) is 3.85. The zero-order chi connectivity index (χ0) is 14.5. The minimum absolute atomic E-state index is 0.102. The Bertz CT molecular complexity index is 596. The van der Waals surface area contributed by atoms with Crippen molar-refractivity contribution in [1.82, 2.24) is 10.3 Å². The monoisotopic (exact) mass is 333 g/mol. The first-order valence-electron chi connectivity index (χ1n) is 6.33. The first-order chi connectivity index (χ1) is 9.54. The Morgan fingerprint density at radius 2 is 1.85 bits per heavy atom. The van der Waals surface area contributed by atoms with Gasteiger partial charge < -0.3 is 10.6 Å². The zero-order valence-electron chi connectivity index (χ0n) is 11.4. The highest BCUT2D eigenvalue weighted by molar-refractivity contribution is 9.10. The van der Waals surface area contributed by atoms with Gasteiger partial charge in [0.2, 0.25) is 0 Å². The molecule has 104 valence electrons. The Kier molecular flexibility index (Phi) is 4.74. The molecule has 0 radical (unpaired) electrons. The van der Waals surface area contributed by atoms with Crippen LogP contribution < -0.4 is 10.6 Å². The zero-order valence-corrected chi connectivity index (χ0v) is 12.9. The van der Waals surface area contributed by atoms with Crippen LogP contribution in [0.4, 0.5) is 11.4 Å². The number of benzene rings is 1. The molecule has 2 rings (SSSR count). The van der Waals surface area contributed by atoms with Crippen molar-refractivity contribution >= 4 is 33.2 Å². The fourth-order valence-corrected chi connectivity index (χ4v) is 1.94. The molecule has 2 aromatic rings. The van der Waals surface area contributed by atoms with Crippen molar-refractivity contribution in [2.24, 2.45) is 0 Å². The van der Waals surface area contributed by atoms with Crippen LogP contribution >= 0.6 is 15.9 Å². The van der Waals surface area contributed by atoms with E-state index in [1.165, 1.54) is 0 Å². The van der Waals surface area contributed by atoms with Crippen LogP contribution in [0.1, 0.15) is 24.2 Å². The molecule has 0 spiro atoms. The lowest BCUT2D eigenvalue weighted by Gasteiger charge is -2.10. The van der Waals surface area contributed by atoms with E-state index in [1.807, 2.05) is 38.1 Å². The van der Waals surface area contributed by atoms with Crippen LogP contribution in [0.15, 0.2) is 47.2 Å². The van der Waals surface area contributed by atoms with Gasteiger partial charge in [-0.25, -0.2) is 0 Å². The molecule has 1 heterocycles. The number of hydrogen-bond donors (Lipinski definition) is 2. The van der Waals surface area contributed by atoms with Gasteiger partial charge in [-0.05, 0) is 44.2 Å². The molecule has 0 saturated heterocycles. The number of carbonyl (C=O) groups is 1. The molecular formula is C15H16BrN3O. The Labute approximate surface area is 126 Å². The smallest absolute Gasteiger partial charge is 0.253 e. The maximum atomic E-state index is 11.9. The van der Waals surface area contributed by atoms with Gasteiger partial charge >= 0.3 is 0 Å². The molecule has 5 heteroatoms. The van der Waals surface area contributed by atoms with Gasteiger partial charge in [-0.1, -0.05) is 15.9 Å². The average molecular weight is 334 g/mol. The SMILES string of the molecule is CC(C)NC(=O)c1cncc(Nc2ccc(Br)cc2)c1. The van der Waals surface area contributed by atoms with Crippen molar-refractivity contribution in [1.29, 1.82) is 0 Å². The van der Waals surface area contributed by atoms with Crippen molar-refractivity contribution in [3.8, 4) is 0 Å². The second-order valence-corrected chi connectivity index (χ2v) is 5.64. The van der Waals surface area contributed by atoms with Gasteiger partial charge in [0.15, 0.2) is 0 Å². The minimum Gasteiger partial charge on any atom is -0.354 e. The van der Waals surface area contributed by atoms with Crippen molar-refractivity contribution < 1.29 is 4.79 Å². The Morgan fingerprint density at radius 3 is 2.50 bits per heavy atom. The van der Waals surface area contributed by atoms with E-state index in [0.29, 0.717) is 5.56 Å². The van der Waals surface area contributed by atoms with Gasteiger partial charge in [-0.3, -0.25) is 9.78 Å². The molecular weight excluding hydrogens is 318 g/mol. The molecule has 0 aliphatic heterocycles. The van der Waals surface area contributed by atoms with Crippen LogP contribution in [0.25, 0.3) is 0 Å². The lowest BCUT2D eigenvalue weighted by atomic mass is 10.2. The molecule has 0 unspecified atom stereocenters. The first kappa shape index (κ1) is 14.5. The molecule has 2 N–H and O–H groups in total. The van der Waals surface area contributed by atoms with Crippen molar-refractivity contribution in [2.75, 3.05) is 5.32 Å². The third-order valence-corrected chi connectivity index (χ3v) is 3.08. The number of nitrogens with one attached hydrogen (secondary N) is 2. The Hall–Kier alpha value is -1.88. The van der Waals surface area contributed by atoms with E-state index in [1.54, 1.807) is 18.5 Å². The summed E-state index contributed by atoms with van der Waals surface area (Å²) in [5, 5.41) is 6.06. The molecule has 0 aliphatic rings. The van der Waals surface area contributed by atoms with E-state index in [4.69, 9.17) is 0 Å². The van der Waals surface area contributed by atoms with Gasteiger partial charge in [0.1, 0.15) is 0 Å². The number of hydrogen-bond acceptors (Lipinski definition) is 3. The van der Waals surface area contributed by atoms with Gasteiger partial charge in [0.25, 0.3) is 5.91 Å². The van der Waals surface area contributed by atoms with E-state index < -0.39 is 0 Å². The predicted molar refractivity (Wildman–Crippen MR) is 84.3 cm³/mol. The molecule has 0 fully saturated rings. The van der Waals surface area contributed by atoms with E-state index >= 15 is 0 Å². The van der Waals surface area contributed by atoms with Gasteiger partial charge in [-0.15, -0.1) is 0 Å². The van der Waals surface area contributed by atoms with E-state index in [-0.39, 0.29) is 11.9 Å². The second-order valence-electron chi connectivity index (χ2n) is 4.72. The number of nitrogens with zero attached hydrogens (tertiary/aromatic N) is 1. The van der Waals surface area contributed by atoms with Crippen molar-refractivity contribution in [3.05, 3.63) is 52.8 Å². The average Bonchev–Trinajstić information content (AvgIpc) is 2.41. The van der Waals surface area contributed by atoms with Crippen LogP contribution in [0.2, 0.25) is 0 Å². The number of aromatic nitrogens is 1. The summed E-state index contributed by atoms with van der Waals surface area (Å²) in [5.74, 6) is -0.119. The standard InChI is InChI=1S/C15H16BrN3O/c1-10(2)18-15(20)11-7-14(9-17-8-11)19-13-5-3-12(16)4-6-13/h3-10,19H,1-2H3,(H,18,20). The lowest BCUT2D eigenvalue weighted by Crippen LogP contribution is -2.30. The summed E-state index contributed by atoms with van der Waals surface area (Å²) in [5.41, 5.74) is 2.26.